The van der Waals surface area contributed by atoms with E-state index >= 15 is 0 Å². The van der Waals surface area contributed by atoms with Crippen molar-refractivity contribution in [2.45, 2.75) is 3.12 Å². The lowest BCUT2D eigenvalue weighted by molar-refractivity contribution is 0.523. The van der Waals surface area contributed by atoms with Crippen molar-refractivity contribution in [2.24, 2.45) is 0 Å². The average Bonchev–Trinajstić information content (AvgIpc) is 2.25. The highest BCUT2D eigenvalue weighted by Gasteiger charge is 2.34. The summed E-state index contributed by atoms with van der Waals surface area (Å²) >= 11 is 23.3. The third kappa shape index (κ3) is 5.04. The summed E-state index contributed by atoms with van der Waals surface area (Å²) in [6.07, 6.45) is 0. The van der Waals surface area contributed by atoms with E-state index in [1.807, 2.05) is 0 Å². The first-order chi connectivity index (χ1) is 8.54. The zero-order chi connectivity index (χ0) is 14.8. The first-order valence-corrected chi connectivity index (χ1v) is 8.46. The smallest absolute Gasteiger partial charge is 0.195 e. The van der Waals surface area contributed by atoms with Crippen LogP contribution in [0.4, 0.5) is 5.69 Å². The summed E-state index contributed by atoms with van der Waals surface area (Å²) in [6, 6.07) is 6.14. The summed E-state index contributed by atoms with van der Waals surface area (Å²) in [5.74, 6) is 0. The lowest BCUT2D eigenvalue weighted by Crippen LogP contribution is -2.37. The second-order valence-electron chi connectivity index (χ2n) is 3.53. The van der Waals surface area contributed by atoms with Crippen LogP contribution in [0.15, 0.2) is 24.3 Å². The number of hydrogen-bond acceptors (Lipinski definition) is 3. The van der Waals surface area contributed by atoms with Crippen LogP contribution >= 0.6 is 58.4 Å². The van der Waals surface area contributed by atoms with E-state index in [9.17, 15) is 8.42 Å². The number of rotatable bonds is 4. The molecule has 0 saturated carbocycles. The van der Waals surface area contributed by atoms with Crippen LogP contribution in [-0.2, 0) is 10.2 Å². The Bertz CT molecular complexity index is 528. The molecule has 0 aliphatic rings. The van der Waals surface area contributed by atoms with Crippen molar-refractivity contribution in [2.75, 3.05) is 17.8 Å². The van der Waals surface area contributed by atoms with Gasteiger partial charge in [0.2, 0.25) is 0 Å². The summed E-state index contributed by atoms with van der Waals surface area (Å²) in [5.41, 5.74) is 0.328. The van der Waals surface area contributed by atoms with Crippen molar-refractivity contribution >= 4 is 74.2 Å². The van der Waals surface area contributed by atoms with Gasteiger partial charge in [-0.05, 0) is 24.3 Å². The Labute approximate surface area is 136 Å². The number of benzene rings is 1. The van der Waals surface area contributed by atoms with Crippen molar-refractivity contribution in [3.8, 4) is 0 Å². The Balaban J connectivity index is 3.24. The van der Waals surface area contributed by atoms with E-state index in [1.54, 1.807) is 12.1 Å². The topological polar surface area (TPSA) is 40.6 Å². The van der Waals surface area contributed by atoms with Gasteiger partial charge in [-0.1, -0.05) is 46.4 Å². The number of halogens is 4. The van der Waals surface area contributed by atoms with E-state index in [2.05, 4.69) is 0 Å². The number of alkyl halides is 3. The molecule has 0 heterocycles. The second kappa shape index (κ2) is 6.47. The Hall–Kier alpha value is 0.440. The minimum atomic E-state index is -3.80. The Morgan fingerprint density at radius 2 is 1.58 bits per heavy atom. The standard InChI is InChI=1S/C9H10Cl4N2O2S2/c1-14(2)19(16,17)15(18-9(11,12)13)8-5-3-7(10)4-6-8/h3-6H,1-2H3. The van der Waals surface area contributed by atoms with Crippen LogP contribution in [-0.4, -0.2) is 29.9 Å². The van der Waals surface area contributed by atoms with E-state index in [1.165, 1.54) is 26.2 Å². The van der Waals surface area contributed by atoms with Gasteiger partial charge >= 0.3 is 10.2 Å². The van der Waals surface area contributed by atoms with Crippen LogP contribution in [0, 0.1) is 0 Å². The molecule has 0 bridgehead atoms. The predicted molar refractivity (Wildman–Crippen MR) is 84.4 cm³/mol. The summed E-state index contributed by atoms with van der Waals surface area (Å²) < 4.78 is 24.6. The van der Waals surface area contributed by atoms with E-state index in [4.69, 9.17) is 46.4 Å². The van der Waals surface area contributed by atoms with Crippen LogP contribution in [0.2, 0.25) is 5.02 Å². The van der Waals surface area contributed by atoms with Gasteiger partial charge in [0.05, 0.1) is 5.69 Å². The summed E-state index contributed by atoms with van der Waals surface area (Å²) in [5, 5.41) is 0.477. The molecule has 4 nitrogen and oxygen atoms in total. The van der Waals surface area contributed by atoms with Gasteiger partial charge < -0.3 is 0 Å². The van der Waals surface area contributed by atoms with Gasteiger partial charge in [0.15, 0.2) is 0 Å². The zero-order valence-electron chi connectivity index (χ0n) is 9.85. The van der Waals surface area contributed by atoms with Crippen molar-refractivity contribution in [1.29, 1.82) is 0 Å². The molecule has 0 spiro atoms. The van der Waals surface area contributed by atoms with Gasteiger partial charge in [-0.15, -0.1) is 0 Å². The van der Waals surface area contributed by atoms with Gasteiger partial charge in [0.25, 0.3) is 3.12 Å². The molecule has 19 heavy (non-hydrogen) atoms. The predicted octanol–water partition coefficient (Wildman–Crippen LogP) is 3.93. The van der Waals surface area contributed by atoms with Crippen molar-refractivity contribution in [3.63, 3.8) is 0 Å². The molecule has 0 atom stereocenters. The highest BCUT2D eigenvalue weighted by atomic mass is 35.6. The van der Waals surface area contributed by atoms with Crippen molar-refractivity contribution in [1.82, 2.24) is 4.31 Å². The van der Waals surface area contributed by atoms with E-state index in [0.717, 1.165) is 8.02 Å². The molecule has 0 saturated heterocycles. The van der Waals surface area contributed by atoms with Gasteiger partial charge in [0, 0.05) is 31.1 Å². The maximum atomic E-state index is 12.2. The monoisotopic (exact) mass is 382 g/mol. The van der Waals surface area contributed by atoms with Gasteiger partial charge in [0.1, 0.15) is 0 Å². The molecule has 10 heteroatoms. The fourth-order valence-electron chi connectivity index (χ4n) is 1.04. The zero-order valence-corrected chi connectivity index (χ0v) is 14.5. The average molecular weight is 384 g/mol. The molecule has 1 aromatic rings. The number of nitrogens with zero attached hydrogens (tertiary/aromatic N) is 2. The number of anilines is 1. The van der Waals surface area contributed by atoms with Gasteiger partial charge in [-0.3, -0.25) is 0 Å². The fourth-order valence-corrected chi connectivity index (χ4v) is 4.37. The minimum absolute atomic E-state index is 0.328. The molecule has 0 N–H and O–H groups in total. The molecular weight excluding hydrogens is 374 g/mol. The maximum absolute atomic E-state index is 12.2. The van der Waals surface area contributed by atoms with Crippen LogP contribution in [0.3, 0.4) is 0 Å². The largest absolute Gasteiger partial charge is 0.313 e. The summed E-state index contributed by atoms with van der Waals surface area (Å²) in [4.78, 5) is 0. The minimum Gasteiger partial charge on any atom is -0.195 e. The van der Waals surface area contributed by atoms with Crippen molar-refractivity contribution in [3.05, 3.63) is 29.3 Å². The molecule has 0 unspecified atom stereocenters. The van der Waals surface area contributed by atoms with Gasteiger partial charge in [-0.25, -0.2) is 0 Å². The number of hydrogen-bond donors (Lipinski definition) is 0. The molecule has 0 radical (unpaired) electrons. The molecular formula is C9H10Cl4N2O2S2. The van der Waals surface area contributed by atoms with E-state index < -0.39 is 13.3 Å². The summed E-state index contributed by atoms with van der Waals surface area (Å²) in [7, 11) is -1.03. The van der Waals surface area contributed by atoms with Crippen LogP contribution in [0.25, 0.3) is 0 Å². The molecule has 0 amide bonds. The third-order valence-corrected chi connectivity index (χ3v) is 5.69. The molecule has 1 rings (SSSR count). The fraction of sp³-hybridized carbons (Fsp3) is 0.333. The van der Waals surface area contributed by atoms with Crippen LogP contribution in [0.5, 0.6) is 0 Å². The normalized spacial score (nSPS) is 12.8. The lowest BCUT2D eigenvalue weighted by Gasteiger charge is -2.28. The molecule has 0 aliphatic carbocycles. The second-order valence-corrected chi connectivity index (χ2v) is 10.3. The van der Waals surface area contributed by atoms with Crippen molar-refractivity contribution < 1.29 is 8.42 Å². The highest BCUT2D eigenvalue weighted by molar-refractivity contribution is 8.16. The lowest BCUT2D eigenvalue weighted by atomic mass is 10.3. The SMILES string of the molecule is CN(C)S(=O)(=O)N(SC(Cl)(Cl)Cl)c1ccc(Cl)cc1. The molecule has 0 aromatic heterocycles. The maximum Gasteiger partial charge on any atom is 0.313 e. The van der Waals surface area contributed by atoms with Crippen LogP contribution in [0.1, 0.15) is 0 Å². The molecule has 1 aromatic carbocycles. The summed E-state index contributed by atoms with van der Waals surface area (Å²) in [6.45, 7) is 0. The Morgan fingerprint density at radius 3 is 1.95 bits per heavy atom. The molecule has 0 aliphatic heterocycles. The Kier molecular flexibility index (Phi) is 5.96. The molecule has 0 fully saturated rings. The van der Waals surface area contributed by atoms with Gasteiger partial charge in [-0.2, -0.15) is 16.4 Å². The Morgan fingerprint density at radius 1 is 1.11 bits per heavy atom. The first kappa shape index (κ1) is 17.5. The third-order valence-electron chi connectivity index (χ3n) is 1.89. The van der Waals surface area contributed by atoms with E-state index in [-0.39, 0.29) is 0 Å². The molecule has 108 valence electrons. The highest BCUT2D eigenvalue weighted by Crippen LogP contribution is 2.44. The van der Waals surface area contributed by atoms with Crippen LogP contribution < -0.4 is 3.71 Å². The first-order valence-electron chi connectivity index (χ1n) is 4.78. The quantitative estimate of drug-likeness (QED) is 0.584. The van der Waals surface area contributed by atoms with E-state index in [0.29, 0.717) is 22.7 Å².